The van der Waals surface area contributed by atoms with Gasteiger partial charge in [0.2, 0.25) is 11.8 Å². The van der Waals surface area contributed by atoms with Crippen LogP contribution in [0.5, 0.6) is 0 Å². The lowest BCUT2D eigenvalue weighted by atomic mass is 10.1. The molecule has 164 valence electrons. The first kappa shape index (κ1) is 21.1. The van der Waals surface area contributed by atoms with E-state index in [-0.39, 0.29) is 17.9 Å². The Balaban J connectivity index is 1.37. The van der Waals surface area contributed by atoms with Crippen LogP contribution < -0.4 is 0 Å². The summed E-state index contributed by atoms with van der Waals surface area (Å²) >= 11 is 0. The van der Waals surface area contributed by atoms with Crippen molar-refractivity contribution >= 4 is 22.7 Å². The molecule has 8 heteroatoms. The van der Waals surface area contributed by atoms with Gasteiger partial charge in [0.25, 0.3) is 5.91 Å². The molecule has 2 aromatic heterocycles. The first-order valence-electron chi connectivity index (χ1n) is 10.9. The first-order valence-corrected chi connectivity index (χ1v) is 10.9. The molecule has 1 aliphatic rings. The normalized spacial score (nSPS) is 16.4. The van der Waals surface area contributed by atoms with Gasteiger partial charge in [-0.3, -0.25) is 9.59 Å². The molecule has 0 spiro atoms. The lowest BCUT2D eigenvalue weighted by Gasteiger charge is -2.27. The SMILES string of the molecule is CC(=O)N(CCc1noc(CC(C)C)n1)C1CCN(C(=O)c2ccc3cc[nH]c3c2)C1. The topological polar surface area (TPSA) is 95.3 Å². The number of aromatic nitrogens is 3. The summed E-state index contributed by atoms with van der Waals surface area (Å²) in [4.78, 5) is 36.6. The molecule has 1 saturated heterocycles. The molecule has 4 rings (SSSR count). The van der Waals surface area contributed by atoms with Crippen LogP contribution in [0.25, 0.3) is 10.9 Å². The molecule has 0 bridgehead atoms. The van der Waals surface area contributed by atoms with Crippen LogP contribution in [-0.2, 0) is 17.6 Å². The quantitative estimate of drug-likeness (QED) is 0.630. The molecule has 8 nitrogen and oxygen atoms in total. The van der Waals surface area contributed by atoms with Crippen LogP contribution in [-0.4, -0.2) is 62.4 Å². The molecule has 1 fully saturated rings. The number of fused-ring (bicyclic) bond motifs is 1. The third-order valence-electron chi connectivity index (χ3n) is 5.77. The van der Waals surface area contributed by atoms with E-state index in [1.165, 1.54) is 0 Å². The van der Waals surface area contributed by atoms with Crippen LogP contribution >= 0.6 is 0 Å². The van der Waals surface area contributed by atoms with Gasteiger partial charge in [-0.15, -0.1) is 0 Å². The average Bonchev–Trinajstić information content (AvgIpc) is 3.47. The second kappa shape index (κ2) is 8.91. The van der Waals surface area contributed by atoms with Gasteiger partial charge < -0.3 is 19.3 Å². The molecule has 0 saturated carbocycles. The van der Waals surface area contributed by atoms with Crippen LogP contribution in [0.1, 0.15) is 49.3 Å². The van der Waals surface area contributed by atoms with E-state index in [0.29, 0.717) is 49.3 Å². The van der Waals surface area contributed by atoms with Crippen LogP contribution in [0.2, 0.25) is 0 Å². The molecule has 1 aromatic carbocycles. The number of hydrogen-bond donors (Lipinski definition) is 1. The van der Waals surface area contributed by atoms with E-state index in [1.807, 2.05) is 40.3 Å². The Morgan fingerprint density at radius 3 is 2.94 bits per heavy atom. The third kappa shape index (κ3) is 4.78. The second-order valence-electron chi connectivity index (χ2n) is 8.64. The minimum Gasteiger partial charge on any atom is -0.361 e. The third-order valence-corrected chi connectivity index (χ3v) is 5.77. The molecular formula is C23H29N5O3. The maximum absolute atomic E-state index is 13.0. The van der Waals surface area contributed by atoms with Gasteiger partial charge in [0.15, 0.2) is 5.82 Å². The van der Waals surface area contributed by atoms with E-state index >= 15 is 0 Å². The van der Waals surface area contributed by atoms with Crippen molar-refractivity contribution in [1.82, 2.24) is 24.9 Å². The molecule has 1 N–H and O–H groups in total. The van der Waals surface area contributed by atoms with Crippen molar-refractivity contribution in [3.8, 4) is 0 Å². The number of amides is 2. The Bertz CT molecular complexity index is 1070. The molecular weight excluding hydrogens is 394 g/mol. The average molecular weight is 424 g/mol. The zero-order chi connectivity index (χ0) is 22.0. The fourth-order valence-corrected chi connectivity index (χ4v) is 4.19. The highest BCUT2D eigenvalue weighted by molar-refractivity contribution is 5.98. The highest BCUT2D eigenvalue weighted by Crippen LogP contribution is 2.21. The Morgan fingerprint density at radius 2 is 2.16 bits per heavy atom. The van der Waals surface area contributed by atoms with Crippen molar-refractivity contribution in [1.29, 1.82) is 0 Å². The van der Waals surface area contributed by atoms with E-state index in [0.717, 1.165) is 23.7 Å². The van der Waals surface area contributed by atoms with Crippen LogP contribution in [0.3, 0.4) is 0 Å². The van der Waals surface area contributed by atoms with E-state index in [9.17, 15) is 9.59 Å². The summed E-state index contributed by atoms with van der Waals surface area (Å²) in [6, 6.07) is 7.68. The Hall–Kier alpha value is -3.16. The highest BCUT2D eigenvalue weighted by Gasteiger charge is 2.32. The van der Waals surface area contributed by atoms with Crippen molar-refractivity contribution in [3.05, 3.63) is 47.7 Å². The largest absolute Gasteiger partial charge is 0.361 e. The van der Waals surface area contributed by atoms with Gasteiger partial charge in [-0.25, -0.2) is 0 Å². The molecule has 0 radical (unpaired) electrons. The number of aromatic amines is 1. The van der Waals surface area contributed by atoms with Gasteiger partial charge in [-0.2, -0.15) is 4.98 Å². The van der Waals surface area contributed by atoms with Gasteiger partial charge >= 0.3 is 0 Å². The Kier molecular flexibility index (Phi) is 6.06. The summed E-state index contributed by atoms with van der Waals surface area (Å²) in [5.74, 6) is 1.70. The Morgan fingerprint density at radius 1 is 1.32 bits per heavy atom. The molecule has 2 amide bonds. The molecule has 3 aromatic rings. The number of hydrogen-bond acceptors (Lipinski definition) is 5. The zero-order valence-electron chi connectivity index (χ0n) is 18.3. The summed E-state index contributed by atoms with van der Waals surface area (Å²) in [7, 11) is 0. The number of benzene rings is 1. The van der Waals surface area contributed by atoms with Crippen molar-refractivity contribution in [2.75, 3.05) is 19.6 Å². The van der Waals surface area contributed by atoms with Gasteiger partial charge in [-0.1, -0.05) is 25.1 Å². The smallest absolute Gasteiger partial charge is 0.254 e. The fourth-order valence-electron chi connectivity index (χ4n) is 4.19. The number of nitrogens with one attached hydrogen (secondary N) is 1. The minimum absolute atomic E-state index is 0.000929. The van der Waals surface area contributed by atoms with Crippen molar-refractivity contribution in [2.45, 2.75) is 46.1 Å². The van der Waals surface area contributed by atoms with Gasteiger partial charge in [0.1, 0.15) is 0 Å². The van der Waals surface area contributed by atoms with Crippen molar-refractivity contribution in [3.63, 3.8) is 0 Å². The number of H-pyrrole nitrogens is 1. The fraction of sp³-hybridized carbons (Fsp3) is 0.478. The number of carbonyl (C=O) groups is 2. The molecule has 1 unspecified atom stereocenters. The van der Waals surface area contributed by atoms with Crippen molar-refractivity contribution in [2.24, 2.45) is 5.92 Å². The summed E-state index contributed by atoms with van der Waals surface area (Å²) in [6.45, 7) is 7.46. The summed E-state index contributed by atoms with van der Waals surface area (Å²) < 4.78 is 5.30. The van der Waals surface area contributed by atoms with Gasteiger partial charge in [0.05, 0.1) is 6.04 Å². The number of carbonyl (C=O) groups excluding carboxylic acids is 2. The van der Waals surface area contributed by atoms with Gasteiger partial charge in [-0.05, 0) is 35.9 Å². The number of nitrogens with zero attached hydrogens (tertiary/aromatic N) is 4. The minimum atomic E-state index is -0.00213. The van der Waals surface area contributed by atoms with Crippen LogP contribution in [0, 0.1) is 5.92 Å². The van der Waals surface area contributed by atoms with E-state index < -0.39 is 0 Å². The number of likely N-dealkylation sites (tertiary alicyclic amines) is 1. The maximum Gasteiger partial charge on any atom is 0.254 e. The summed E-state index contributed by atoms with van der Waals surface area (Å²) in [5, 5.41) is 5.12. The van der Waals surface area contributed by atoms with Crippen LogP contribution in [0.4, 0.5) is 0 Å². The highest BCUT2D eigenvalue weighted by atomic mass is 16.5. The van der Waals surface area contributed by atoms with Gasteiger partial charge in [0, 0.05) is 56.7 Å². The second-order valence-corrected chi connectivity index (χ2v) is 8.64. The van der Waals surface area contributed by atoms with Crippen LogP contribution in [0.15, 0.2) is 35.0 Å². The molecule has 0 aliphatic carbocycles. The zero-order valence-corrected chi connectivity index (χ0v) is 18.3. The lowest BCUT2D eigenvalue weighted by Crippen LogP contribution is -2.42. The predicted octanol–water partition coefficient (Wildman–Crippen LogP) is 3.06. The van der Waals surface area contributed by atoms with E-state index in [2.05, 4.69) is 29.0 Å². The summed E-state index contributed by atoms with van der Waals surface area (Å²) in [5.41, 5.74) is 1.61. The molecule has 3 heterocycles. The predicted molar refractivity (Wildman–Crippen MR) is 117 cm³/mol. The molecule has 1 aliphatic heterocycles. The van der Waals surface area contributed by atoms with E-state index in [1.54, 1.807) is 6.92 Å². The maximum atomic E-state index is 13.0. The first-order chi connectivity index (χ1) is 14.9. The lowest BCUT2D eigenvalue weighted by molar-refractivity contribution is -0.130. The number of rotatable bonds is 7. The monoisotopic (exact) mass is 423 g/mol. The van der Waals surface area contributed by atoms with E-state index in [4.69, 9.17) is 4.52 Å². The Labute approximate surface area is 181 Å². The van der Waals surface area contributed by atoms with Crippen molar-refractivity contribution < 1.29 is 14.1 Å². The summed E-state index contributed by atoms with van der Waals surface area (Å²) in [6.07, 6.45) is 3.92. The standard InChI is InChI=1S/C23H29N5O3/c1-15(2)12-22-25-21(26-31-22)8-11-28(16(3)29)19-7-10-27(14-19)23(30)18-5-4-17-6-9-24-20(17)13-18/h4-6,9,13,15,19,24H,7-8,10-12,14H2,1-3H3. The molecule has 31 heavy (non-hydrogen) atoms. The molecule has 1 atom stereocenters.